The number of fused-ring (bicyclic) bond motifs is 1. The number of carbonyl (C=O) groups excluding carboxylic acids is 1. The van der Waals surface area contributed by atoms with Crippen LogP contribution in [0.1, 0.15) is 6.92 Å². The monoisotopic (exact) mass is 215 g/mol. The van der Waals surface area contributed by atoms with E-state index in [0.29, 0.717) is 5.88 Å². The predicted octanol–water partition coefficient (Wildman–Crippen LogP) is 2.97. The maximum absolute atomic E-state index is 11.6. The van der Waals surface area contributed by atoms with E-state index < -0.39 is 0 Å². The van der Waals surface area contributed by atoms with Crippen LogP contribution in [-0.2, 0) is 4.79 Å². The molecular formula is C13H13NO2. The smallest absolute Gasteiger partial charge is 0.252 e. The number of benzene rings is 1. The van der Waals surface area contributed by atoms with Crippen molar-refractivity contribution >= 4 is 22.8 Å². The first kappa shape index (κ1) is 10.5. The number of likely N-dealkylation sites (N-methyl/N-ethyl adjacent to an activating group) is 1. The van der Waals surface area contributed by atoms with E-state index in [2.05, 4.69) is 0 Å². The number of anilines is 1. The number of carbonyl (C=O) groups is 1. The van der Waals surface area contributed by atoms with Crippen molar-refractivity contribution in [3.05, 3.63) is 42.5 Å². The largest absolute Gasteiger partial charge is 0.440 e. The quantitative estimate of drug-likeness (QED) is 0.721. The molecule has 0 saturated heterocycles. The first-order chi connectivity index (χ1) is 7.72. The zero-order valence-electron chi connectivity index (χ0n) is 9.31. The highest BCUT2D eigenvalue weighted by Gasteiger charge is 2.12. The first-order valence-electron chi connectivity index (χ1n) is 5.11. The highest BCUT2D eigenvalue weighted by Crippen LogP contribution is 2.25. The van der Waals surface area contributed by atoms with Gasteiger partial charge in [-0.2, -0.15) is 0 Å². The van der Waals surface area contributed by atoms with Gasteiger partial charge in [-0.15, -0.1) is 0 Å². The zero-order chi connectivity index (χ0) is 11.5. The zero-order valence-corrected chi connectivity index (χ0v) is 9.31. The van der Waals surface area contributed by atoms with Gasteiger partial charge in [0.1, 0.15) is 5.58 Å². The van der Waals surface area contributed by atoms with Gasteiger partial charge in [-0.05, 0) is 19.1 Å². The second-order valence-electron chi connectivity index (χ2n) is 3.52. The van der Waals surface area contributed by atoms with Gasteiger partial charge in [-0.1, -0.05) is 24.3 Å². The van der Waals surface area contributed by atoms with Crippen LogP contribution in [0, 0.1) is 0 Å². The van der Waals surface area contributed by atoms with Crippen molar-refractivity contribution in [1.29, 1.82) is 0 Å². The lowest BCUT2D eigenvalue weighted by atomic mass is 10.2. The number of hydrogen-bond acceptors (Lipinski definition) is 2. The summed E-state index contributed by atoms with van der Waals surface area (Å²) in [6.45, 7) is 1.81. The topological polar surface area (TPSA) is 33.5 Å². The Hall–Kier alpha value is -2.03. The van der Waals surface area contributed by atoms with Crippen LogP contribution in [0.5, 0.6) is 0 Å². The Bertz CT molecular complexity index is 507. The van der Waals surface area contributed by atoms with Crippen LogP contribution in [-0.4, -0.2) is 13.0 Å². The number of hydrogen-bond donors (Lipinski definition) is 0. The van der Waals surface area contributed by atoms with E-state index in [1.807, 2.05) is 37.3 Å². The molecule has 82 valence electrons. The number of allylic oxidation sites excluding steroid dienone is 1. The fraction of sp³-hybridized carbons (Fsp3) is 0.154. The van der Waals surface area contributed by atoms with Crippen molar-refractivity contribution in [3.63, 3.8) is 0 Å². The van der Waals surface area contributed by atoms with Crippen molar-refractivity contribution in [2.24, 2.45) is 0 Å². The Morgan fingerprint density at radius 3 is 2.81 bits per heavy atom. The normalized spacial score (nSPS) is 11.1. The minimum absolute atomic E-state index is 0.0958. The fourth-order valence-corrected chi connectivity index (χ4v) is 1.50. The molecule has 0 N–H and O–H groups in total. The van der Waals surface area contributed by atoms with Crippen LogP contribution in [0.2, 0.25) is 0 Å². The van der Waals surface area contributed by atoms with Gasteiger partial charge in [-0.25, -0.2) is 0 Å². The second kappa shape index (κ2) is 4.23. The second-order valence-corrected chi connectivity index (χ2v) is 3.52. The molecule has 0 saturated carbocycles. The lowest BCUT2D eigenvalue weighted by Crippen LogP contribution is -2.23. The van der Waals surface area contributed by atoms with E-state index in [1.54, 1.807) is 13.1 Å². The van der Waals surface area contributed by atoms with E-state index >= 15 is 0 Å². The summed E-state index contributed by atoms with van der Waals surface area (Å²) in [6, 6.07) is 9.54. The molecule has 2 rings (SSSR count). The average molecular weight is 215 g/mol. The van der Waals surface area contributed by atoms with Crippen LogP contribution in [0.4, 0.5) is 5.88 Å². The number of para-hydroxylation sites is 1. The number of nitrogens with zero attached hydrogens (tertiary/aromatic N) is 1. The van der Waals surface area contributed by atoms with Crippen LogP contribution in [0.3, 0.4) is 0 Å². The Morgan fingerprint density at radius 1 is 1.38 bits per heavy atom. The third kappa shape index (κ3) is 1.84. The SMILES string of the molecule is CC=CC(=O)N(C)c1cc2ccccc2o1. The van der Waals surface area contributed by atoms with Crippen LogP contribution in [0.25, 0.3) is 11.0 Å². The molecule has 1 amide bonds. The maximum Gasteiger partial charge on any atom is 0.252 e. The Kier molecular flexibility index (Phi) is 2.77. The summed E-state index contributed by atoms with van der Waals surface area (Å²) in [5, 5.41) is 0.998. The number of furan rings is 1. The Balaban J connectivity index is 2.36. The lowest BCUT2D eigenvalue weighted by Gasteiger charge is -2.10. The minimum Gasteiger partial charge on any atom is -0.440 e. The molecule has 1 aromatic carbocycles. The van der Waals surface area contributed by atoms with Gasteiger partial charge in [0.15, 0.2) is 0 Å². The fourth-order valence-electron chi connectivity index (χ4n) is 1.50. The highest BCUT2D eigenvalue weighted by molar-refractivity contribution is 6.01. The standard InChI is InChI=1S/C13H13NO2/c1-3-6-12(15)14(2)13-9-10-7-4-5-8-11(10)16-13/h3-9H,1-2H3. The van der Waals surface area contributed by atoms with Crippen molar-refractivity contribution in [2.75, 3.05) is 11.9 Å². The molecule has 0 bridgehead atoms. The predicted molar refractivity (Wildman–Crippen MR) is 64.4 cm³/mol. The Morgan fingerprint density at radius 2 is 2.12 bits per heavy atom. The van der Waals surface area contributed by atoms with Crippen LogP contribution in [0.15, 0.2) is 46.9 Å². The maximum atomic E-state index is 11.6. The van der Waals surface area contributed by atoms with Gasteiger partial charge in [0, 0.05) is 18.5 Å². The highest BCUT2D eigenvalue weighted by atomic mass is 16.4. The van der Waals surface area contributed by atoms with E-state index in [-0.39, 0.29) is 5.91 Å². The van der Waals surface area contributed by atoms with E-state index in [1.165, 1.54) is 11.0 Å². The summed E-state index contributed by atoms with van der Waals surface area (Å²) >= 11 is 0. The summed E-state index contributed by atoms with van der Waals surface area (Å²) in [5.74, 6) is 0.464. The molecule has 0 aliphatic carbocycles. The van der Waals surface area contributed by atoms with Crippen molar-refractivity contribution < 1.29 is 9.21 Å². The van der Waals surface area contributed by atoms with E-state index in [9.17, 15) is 4.79 Å². The van der Waals surface area contributed by atoms with Crippen molar-refractivity contribution in [3.8, 4) is 0 Å². The van der Waals surface area contributed by atoms with Crippen LogP contribution >= 0.6 is 0 Å². The molecule has 0 unspecified atom stereocenters. The first-order valence-corrected chi connectivity index (χ1v) is 5.11. The summed E-state index contributed by atoms with van der Waals surface area (Å²) in [6.07, 6.45) is 3.22. The molecule has 0 aliphatic heterocycles. The molecular weight excluding hydrogens is 202 g/mol. The molecule has 16 heavy (non-hydrogen) atoms. The average Bonchev–Trinajstić information content (AvgIpc) is 2.71. The summed E-state index contributed by atoms with van der Waals surface area (Å²) < 4.78 is 5.57. The number of amides is 1. The molecule has 0 aliphatic rings. The molecule has 3 nitrogen and oxygen atoms in total. The molecule has 0 fully saturated rings. The van der Waals surface area contributed by atoms with Crippen molar-refractivity contribution in [1.82, 2.24) is 0 Å². The van der Waals surface area contributed by atoms with Gasteiger partial charge in [0.25, 0.3) is 5.91 Å². The van der Waals surface area contributed by atoms with Gasteiger partial charge >= 0.3 is 0 Å². The molecule has 2 aromatic rings. The molecule has 1 aromatic heterocycles. The van der Waals surface area contributed by atoms with Gasteiger partial charge in [0.05, 0.1) is 0 Å². The summed E-state index contributed by atoms with van der Waals surface area (Å²) in [5.41, 5.74) is 0.789. The lowest BCUT2D eigenvalue weighted by molar-refractivity contribution is -0.114. The molecule has 1 heterocycles. The summed E-state index contributed by atoms with van der Waals surface area (Å²) in [7, 11) is 1.69. The third-order valence-electron chi connectivity index (χ3n) is 2.38. The molecule has 0 atom stereocenters. The Labute approximate surface area is 94.0 Å². The van der Waals surface area contributed by atoms with Gasteiger partial charge in [-0.3, -0.25) is 9.69 Å². The minimum atomic E-state index is -0.0958. The van der Waals surface area contributed by atoms with Gasteiger partial charge < -0.3 is 4.42 Å². The molecule has 0 radical (unpaired) electrons. The number of rotatable bonds is 2. The van der Waals surface area contributed by atoms with Crippen molar-refractivity contribution in [2.45, 2.75) is 6.92 Å². The van der Waals surface area contributed by atoms with Gasteiger partial charge in [0.2, 0.25) is 5.88 Å². The molecule has 3 heteroatoms. The van der Waals surface area contributed by atoms with Crippen LogP contribution < -0.4 is 4.90 Å². The van der Waals surface area contributed by atoms with E-state index in [0.717, 1.165) is 11.0 Å². The summed E-state index contributed by atoms with van der Waals surface area (Å²) in [4.78, 5) is 13.1. The third-order valence-corrected chi connectivity index (χ3v) is 2.38. The molecule has 0 spiro atoms. The van der Waals surface area contributed by atoms with E-state index in [4.69, 9.17) is 4.42 Å².